The lowest BCUT2D eigenvalue weighted by molar-refractivity contribution is -0.259. The number of aldehydes is 1. The van der Waals surface area contributed by atoms with E-state index in [4.69, 9.17) is 9.47 Å². The summed E-state index contributed by atoms with van der Waals surface area (Å²) in [6.45, 7) is 5.91. The summed E-state index contributed by atoms with van der Waals surface area (Å²) in [5.41, 5.74) is -5.55. The van der Waals surface area contributed by atoms with Gasteiger partial charge in [-0.2, -0.15) is 0 Å². The molecular weight excluding hydrogens is 252 g/mol. The van der Waals surface area contributed by atoms with E-state index in [1.54, 1.807) is 0 Å². The molecule has 1 aliphatic carbocycles. The highest BCUT2D eigenvalue weighted by Gasteiger charge is 2.92. The summed E-state index contributed by atoms with van der Waals surface area (Å²) >= 11 is 0. The van der Waals surface area contributed by atoms with Gasteiger partial charge in [-0.05, 0) is 20.8 Å². The summed E-state index contributed by atoms with van der Waals surface area (Å²) in [6.07, 6.45) is 0.547. The molecule has 0 aromatic carbocycles. The molecule has 104 valence electrons. The first kappa shape index (κ1) is 13.7. The SMILES string of the molecule is COC(=O)C1(C)C(C)(C=O)C2(C)C(=O)OC(=O)C12C. The van der Waals surface area contributed by atoms with Crippen molar-refractivity contribution in [1.82, 2.24) is 0 Å². The number of esters is 3. The number of carbonyl (C=O) groups is 4. The average Bonchev–Trinajstić information content (AvgIpc) is 2.56. The Morgan fingerprint density at radius 2 is 1.58 bits per heavy atom. The van der Waals surface area contributed by atoms with E-state index in [0.717, 1.165) is 0 Å². The van der Waals surface area contributed by atoms with Crippen LogP contribution in [0.5, 0.6) is 0 Å². The summed E-state index contributed by atoms with van der Waals surface area (Å²) in [5.74, 6) is -2.25. The van der Waals surface area contributed by atoms with Crippen LogP contribution in [0.1, 0.15) is 27.7 Å². The third kappa shape index (κ3) is 0.884. The van der Waals surface area contributed by atoms with Crippen molar-refractivity contribution >= 4 is 24.2 Å². The second kappa shape index (κ2) is 3.23. The van der Waals surface area contributed by atoms with E-state index in [-0.39, 0.29) is 0 Å². The Labute approximate surface area is 110 Å². The molecular formula is C13H16O6. The second-order valence-corrected chi connectivity index (χ2v) is 5.86. The van der Waals surface area contributed by atoms with Gasteiger partial charge >= 0.3 is 17.9 Å². The predicted molar refractivity (Wildman–Crippen MR) is 61.6 cm³/mol. The van der Waals surface area contributed by atoms with Crippen LogP contribution >= 0.6 is 0 Å². The zero-order chi connectivity index (χ0) is 14.9. The van der Waals surface area contributed by atoms with Gasteiger partial charge in [0.1, 0.15) is 6.29 Å². The molecule has 0 aromatic heterocycles. The minimum absolute atomic E-state index is 0.547. The zero-order valence-corrected chi connectivity index (χ0v) is 11.5. The Morgan fingerprint density at radius 1 is 1.11 bits per heavy atom. The first-order valence-electron chi connectivity index (χ1n) is 5.91. The number of ether oxygens (including phenoxy) is 2. The van der Waals surface area contributed by atoms with Gasteiger partial charge in [0.05, 0.1) is 28.8 Å². The topological polar surface area (TPSA) is 86.7 Å². The van der Waals surface area contributed by atoms with Crippen LogP contribution in [0.25, 0.3) is 0 Å². The molecule has 4 unspecified atom stereocenters. The van der Waals surface area contributed by atoms with Gasteiger partial charge < -0.3 is 14.3 Å². The Balaban J connectivity index is 2.77. The third-order valence-corrected chi connectivity index (χ3v) is 5.91. The maximum atomic E-state index is 12.1. The monoisotopic (exact) mass is 268 g/mol. The highest BCUT2D eigenvalue weighted by Crippen LogP contribution is 2.80. The molecule has 6 heteroatoms. The van der Waals surface area contributed by atoms with Crippen molar-refractivity contribution in [2.45, 2.75) is 27.7 Å². The van der Waals surface area contributed by atoms with E-state index in [9.17, 15) is 19.2 Å². The van der Waals surface area contributed by atoms with Crippen LogP contribution in [0.2, 0.25) is 0 Å². The van der Waals surface area contributed by atoms with Crippen LogP contribution in [0.3, 0.4) is 0 Å². The number of methoxy groups -OCH3 is 1. The molecule has 1 heterocycles. The first-order chi connectivity index (χ1) is 8.59. The minimum Gasteiger partial charge on any atom is -0.469 e. The number of cyclic esters (lactones) is 2. The molecule has 1 saturated carbocycles. The van der Waals surface area contributed by atoms with Crippen molar-refractivity contribution in [3.8, 4) is 0 Å². The summed E-state index contributed by atoms with van der Waals surface area (Å²) in [7, 11) is 1.18. The number of hydrogen-bond donors (Lipinski definition) is 0. The Hall–Kier alpha value is -1.72. The minimum atomic E-state index is -1.44. The van der Waals surface area contributed by atoms with E-state index >= 15 is 0 Å². The summed E-state index contributed by atoms with van der Waals surface area (Å²) in [5, 5.41) is 0. The molecule has 0 aromatic rings. The van der Waals surface area contributed by atoms with Crippen LogP contribution in [0, 0.1) is 21.7 Å². The normalized spacial score (nSPS) is 48.1. The average molecular weight is 268 g/mol. The highest BCUT2D eigenvalue weighted by molar-refractivity contribution is 6.11. The molecule has 1 aliphatic heterocycles. The molecule has 1 saturated heterocycles. The number of fused-ring (bicyclic) bond motifs is 1. The van der Waals surface area contributed by atoms with Gasteiger partial charge in [-0.25, -0.2) is 0 Å². The fourth-order valence-corrected chi connectivity index (χ4v) is 3.94. The third-order valence-electron chi connectivity index (χ3n) is 5.91. The molecule has 6 nitrogen and oxygen atoms in total. The molecule has 2 rings (SSSR count). The van der Waals surface area contributed by atoms with Gasteiger partial charge in [-0.1, -0.05) is 6.92 Å². The Bertz CT molecular complexity index is 525. The molecule has 0 N–H and O–H groups in total. The van der Waals surface area contributed by atoms with Crippen LogP contribution in [0.15, 0.2) is 0 Å². The summed E-state index contributed by atoms with van der Waals surface area (Å²) in [4.78, 5) is 47.7. The van der Waals surface area contributed by atoms with Crippen LogP contribution in [-0.2, 0) is 28.7 Å². The fraction of sp³-hybridized carbons (Fsp3) is 0.692. The summed E-state index contributed by atoms with van der Waals surface area (Å²) in [6, 6.07) is 0. The molecule has 0 bridgehead atoms. The van der Waals surface area contributed by atoms with Crippen molar-refractivity contribution < 1.29 is 28.7 Å². The number of rotatable bonds is 2. The standard InChI is InChI=1S/C13H16O6/c1-10(6-14)11(2,7(15)18-5)13(4)9(17)19-8(16)12(10,13)3/h6H,1-5H3. The predicted octanol–water partition coefficient (Wildman–Crippen LogP) is 0.480. The zero-order valence-electron chi connectivity index (χ0n) is 11.5. The molecule has 0 amide bonds. The van der Waals surface area contributed by atoms with Crippen molar-refractivity contribution in [3.05, 3.63) is 0 Å². The molecule has 2 aliphatic rings. The first-order valence-corrected chi connectivity index (χ1v) is 5.91. The van der Waals surface area contributed by atoms with Gasteiger partial charge in [0.25, 0.3) is 0 Å². The van der Waals surface area contributed by atoms with Crippen molar-refractivity contribution in [2.24, 2.45) is 21.7 Å². The van der Waals surface area contributed by atoms with Crippen LogP contribution in [-0.4, -0.2) is 31.3 Å². The lowest BCUT2D eigenvalue weighted by Crippen LogP contribution is -2.79. The second-order valence-electron chi connectivity index (χ2n) is 5.86. The van der Waals surface area contributed by atoms with Gasteiger partial charge in [0.15, 0.2) is 0 Å². The lowest BCUT2D eigenvalue weighted by atomic mass is 9.27. The van der Waals surface area contributed by atoms with E-state index < -0.39 is 39.6 Å². The molecule has 19 heavy (non-hydrogen) atoms. The van der Waals surface area contributed by atoms with E-state index in [2.05, 4.69) is 0 Å². The van der Waals surface area contributed by atoms with Crippen LogP contribution < -0.4 is 0 Å². The molecule has 4 atom stereocenters. The van der Waals surface area contributed by atoms with E-state index in [1.807, 2.05) is 0 Å². The van der Waals surface area contributed by atoms with Gasteiger partial charge in [-0.3, -0.25) is 14.4 Å². The van der Waals surface area contributed by atoms with Gasteiger partial charge in [0, 0.05) is 0 Å². The number of hydrogen-bond acceptors (Lipinski definition) is 6. The van der Waals surface area contributed by atoms with Gasteiger partial charge in [-0.15, -0.1) is 0 Å². The lowest BCUT2D eigenvalue weighted by Gasteiger charge is -2.68. The smallest absolute Gasteiger partial charge is 0.321 e. The quantitative estimate of drug-likeness (QED) is 0.411. The Morgan fingerprint density at radius 3 is 2.00 bits per heavy atom. The van der Waals surface area contributed by atoms with Crippen molar-refractivity contribution in [1.29, 1.82) is 0 Å². The largest absolute Gasteiger partial charge is 0.469 e. The van der Waals surface area contributed by atoms with Crippen molar-refractivity contribution in [3.63, 3.8) is 0 Å². The van der Waals surface area contributed by atoms with Gasteiger partial charge in [0.2, 0.25) is 0 Å². The van der Waals surface area contributed by atoms with E-state index in [0.29, 0.717) is 6.29 Å². The maximum absolute atomic E-state index is 12.1. The highest BCUT2D eigenvalue weighted by atomic mass is 16.6. The fourth-order valence-electron chi connectivity index (χ4n) is 3.94. The molecule has 2 fully saturated rings. The Kier molecular flexibility index (Phi) is 2.33. The molecule has 0 radical (unpaired) electrons. The number of carbonyl (C=O) groups excluding carboxylic acids is 4. The maximum Gasteiger partial charge on any atom is 0.321 e. The van der Waals surface area contributed by atoms with Crippen LogP contribution in [0.4, 0.5) is 0 Å². The van der Waals surface area contributed by atoms with Crippen molar-refractivity contribution in [2.75, 3.05) is 7.11 Å². The summed E-state index contributed by atoms with van der Waals surface area (Å²) < 4.78 is 9.44. The van der Waals surface area contributed by atoms with E-state index in [1.165, 1.54) is 34.8 Å². The molecule has 0 spiro atoms.